The summed E-state index contributed by atoms with van der Waals surface area (Å²) in [6.45, 7) is 3.32. The van der Waals surface area contributed by atoms with Gasteiger partial charge in [0.2, 0.25) is 11.8 Å². The SMILES string of the molecule is CCC/C=C\C(CCCCCCC(=O)NCC(=O)NC(CO)C(=O)O)OC(=O)CCCCCCC/C=C\CCCCCCCCC. The molecule has 0 fully saturated rings. The van der Waals surface area contributed by atoms with E-state index in [9.17, 15) is 19.2 Å². The Morgan fingerprint density at radius 1 is 0.652 bits per heavy atom. The zero-order chi connectivity index (χ0) is 34.1. The first-order valence-electron chi connectivity index (χ1n) is 18.2. The van der Waals surface area contributed by atoms with E-state index in [0.29, 0.717) is 12.8 Å². The highest BCUT2D eigenvalue weighted by molar-refractivity contribution is 5.87. The van der Waals surface area contributed by atoms with Crippen LogP contribution in [0.5, 0.6) is 0 Å². The number of allylic oxidation sites excluding steroid dienone is 3. The number of aliphatic carboxylic acids is 1. The Kier molecular flexibility index (Phi) is 30.4. The van der Waals surface area contributed by atoms with Crippen molar-refractivity contribution in [3.63, 3.8) is 0 Å². The Hall–Kier alpha value is -2.68. The molecule has 0 saturated heterocycles. The molecular weight excluding hydrogens is 584 g/mol. The summed E-state index contributed by atoms with van der Waals surface area (Å²) in [5.41, 5.74) is 0. The number of nitrogens with one attached hydrogen (secondary N) is 2. The molecule has 2 amide bonds. The summed E-state index contributed by atoms with van der Waals surface area (Å²) in [7, 11) is 0. The van der Waals surface area contributed by atoms with E-state index in [1.165, 1.54) is 64.2 Å². The van der Waals surface area contributed by atoms with Crippen molar-refractivity contribution in [2.45, 2.75) is 174 Å². The lowest BCUT2D eigenvalue weighted by molar-refractivity contribution is -0.147. The highest BCUT2D eigenvalue weighted by Crippen LogP contribution is 2.14. The van der Waals surface area contributed by atoms with Crippen LogP contribution in [-0.4, -0.2) is 59.3 Å². The number of unbranched alkanes of at least 4 members (excludes halogenated alkanes) is 16. The van der Waals surface area contributed by atoms with Crippen molar-refractivity contribution in [2.24, 2.45) is 0 Å². The zero-order valence-electron chi connectivity index (χ0n) is 29.1. The van der Waals surface area contributed by atoms with Crippen LogP contribution in [0.4, 0.5) is 0 Å². The van der Waals surface area contributed by atoms with Crippen LogP contribution < -0.4 is 10.6 Å². The van der Waals surface area contributed by atoms with Gasteiger partial charge in [-0.1, -0.05) is 109 Å². The molecule has 0 aromatic carbocycles. The second-order valence-electron chi connectivity index (χ2n) is 12.3. The predicted octanol–water partition coefficient (Wildman–Crippen LogP) is 7.70. The molecule has 4 N–H and O–H groups in total. The van der Waals surface area contributed by atoms with Crippen LogP contribution >= 0.6 is 0 Å². The maximum absolute atomic E-state index is 12.5. The molecule has 0 bridgehead atoms. The van der Waals surface area contributed by atoms with Crippen LogP contribution in [0, 0.1) is 0 Å². The Morgan fingerprint density at radius 2 is 1.22 bits per heavy atom. The van der Waals surface area contributed by atoms with E-state index in [1.807, 2.05) is 6.08 Å². The second-order valence-corrected chi connectivity index (χ2v) is 12.3. The normalized spacial score (nSPS) is 12.8. The molecule has 2 unspecified atom stereocenters. The standard InChI is InChI=1S/C37H66N2O7/c1-3-5-7-8-9-10-11-12-13-14-15-16-17-18-19-25-29-36(43)46-32(26-22-6-4-2)27-23-20-21-24-28-34(41)38-30-35(42)39-33(31-40)37(44)45/h13-14,22,26,32-33,40H,3-12,15-21,23-25,27-31H2,1-2H3,(H,38,41)(H,39,42)(H,44,45)/b14-13-,26-22-. The van der Waals surface area contributed by atoms with Crippen LogP contribution in [0.15, 0.2) is 24.3 Å². The Balaban J connectivity index is 3.98. The summed E-state index contributed by atoms with van der Waals surface area (Å²) >= 11 is 0. The number of rotatable bonds is 32. The third kappa shape index (κ3) is 28.8. The first-order valence-corrected chi connectivity index (χ1v) is 18.2. The fourth-order valence-electron chi connectivity index (χ4n) is 5.04. The molecule has 0 aromatic rings. The molecular formula is C37H66N2O7. The summed E-state index contributed by atoms with van der Waals surface area (Å²) in [6.07, 6.45) is 32.6. The van der Waals surface area contributed by atoms with Crippen molar-refractivity contribution in [1.82, 2.24) is 10.6 Å². The van der Waals surface area contributed by atoms with E-state index in [0.717, 1.165) is 64.2 Å². The molecule has 0 aromatic heterocycles. The fraction of sp³-hybridized carbons (Fsp3) is 0.784. The van der Waals surface area contributed by atoms with Crippen LogP contribution in [0.3, 0.4) is 0 Å². The summed E-state index contributed by atoms with van der Waals surface area (Å²) in [6, 6.07) is -1.39. The van der Waals surface area contributed by atoms with Gasteiger partial charge >= 0.3 is 11.9 Å². The van der Waals surface area contributed by atoms with Crippen LogP contribution in [-0.2, 0) is 23.9 Å². The lowest BCUT2D eigenvalue weighted by Gasteiger charge is -2.15. The third-order valence-corrected chi connectivity index (χ3v) is 7.89. The number of carbonyl (C=O) groups is 4. The summed E-state index contributed by atoms with van der Waals surface area (Å²) in [4.78, 5) is 47.0. The number of carbonyl (C=O) groups excluding carboxylic acids is 3. The number of aliphatic hydroxyl groups excluding tert-OH is 1. The summed E-state index contributed by atoms with van der Waals surface area (Å²) in [5, 5.41) is 22.4. The minimum Gasteiger partial charge on any atom is -0.480 e. The minimum atomic E-state index is -1.39. The molecule has 0 spiro atoms. The highest BCUT2D eigenvalue weighted by Gasteiger charge is 2.18. The van der Waals surface area contributed by atoms with Gasteiger partial charge in [-0.2, -0.15) is 0 Å². The van der Waals surface area contributed by atoms with Gasteiger partial charge in [0.05, 0.1) is 13.2 Å². The van der Waals surface area contributed by atoms with Gasteiger partial charge in [-0.25, -0.2) is 4.79 Å². The van der Waals surface area contributed by atoms with Gasteiger partial charge in [-0.05, 0) is 63.9 Å². The van der Waals surface area contributed by atoms with Crippen molar-refractivity contribution in [1.29, 1.82) is 0 Å². The van der Waals surface area contributed by atoms with Crippen molar-refractivity contribution >= 4 is 23.8 Å². The molecule has 46 heavy (non-hydrogen) atoms. The van der Waals surface area contributed by atoms with Gasteiger partial charge in [0.1, 0.15) is 12.1 Å². The predicted molar refractivity (Wildman–Crippen MR) is 185 cm³/mol. The first kappa shape index (κ1) is 43.3. The number of hydrogen-bond donors (Lipinski definition) is 4. The molecule has 0 rings (SSSR count). The lowest BCUT2D eigenvalue weighted by Crippen LogP contribution is -2.47. The highest BCUT2D eigenvalue weighted by atomic mass is 16.5. The van der Waals surface area contributed by atoms with Crippen molar-refractivity contribution < 1.29 is 34.1 Å². The average molecular weight is 651 g/mol. The zero-order valence-corrected chi connectivity index (χ0v) is 29.1. The largest absolute Gasteiger partial charge is 0.480 e. The van der Waals surface area contributed by atoms with Gasteiger partial charge in [0.15, 0.2) is 0 Å². The van der Waals surface area contributed by atoms with Gasteiger partial charge < -0.3 is 25.6 Å². The maximum atomic E-state index is 12.5. The first-order chi connectivity index (χ1) is 22.3. The molecule has 2 atom stereocenters. The van der Waals surface area contributed by atoms with E-state index in [-0.39, 0.29) is 30.9 Å². The average Bonchev–Trinajstić information content (AvgIpc) is 3.03. The van der Waals surface area contributed by atoms with Crippen molar-refractivity contribution in [2.75, 3.05) is 13.2 Å². The number of hydrogen-bond acceptors (Lipinski definition) is 6. The lowest BCUT2D eigenvalue weighted by atomic mass is 10.1. The number of amides is 2. The maximum Gasteiger partial charge on any atom is 0.328 e. The summed E-state index contributed by atoms with van der Waals surface area (Å²) in [5.74, 6) is -2.42. The molecule has 9 nitrogen and oxygen atoms in total. The van der Waals surface area contributed by atoms with E-state index >= 15 is 0 Å². The van der Waals surface area contributed by atoms with Crippen molar-refractivity contribution in [3.8, 4) is 0 Å². The van der Waals surface area contributed by atoms with Crippen LogP contribution in [0.1, 0.15) is 162 Å². The Morgan fingerprint density at radius 3 is 1.80 bits per heavy atom. The Labute approximate surface area is 279 Å². The van der Waals surface area contributed by atoms with Gasteiger partial charge in [-0.3, -0.25) is 14.4 Å². The van der Waals surface area contributed by atoms with Gasteiger partial charge in [-0.15, -0.1) is 0 Å². The molecule has 0 saturated carbocycles. The minimum absolute atomic E-state index is 0.131. The molecule has 266 valence electrons. The second kappa shape index (κ2) is 32.3. The Bertz CT molecular complexity index is 844. The van der Waals surface area contributed by atoms with Crippen molar-refractivity contribution in [3.05, 3.63) is 24.3 Å². The van der Waals surface area contributed by atoms with Gasteiger partial charge in [0, 0.05) is 12.8 Å². The molecule has 0 heterocycles. The van der Waals surface area contributed by atoms with E-state index in [2.05, 4.69) is 42.7 Å². The molecule has 0 radical (unpaired) electrons. The molecule has 0 aliphatic heterocycles. The van der Waals surface area contributed by atoms with E-state index in [4.69, 9.17) is 14.9 Å². The topological polar surface area (TPSA) is 142 Å². The number of ether oxygens (including phenoxy) is 1. The summed E-state index contributed by atoms with van der Waals surface area (Å²) < 4.78 is 5.78. The van der Waals surface area contributed by atoms with Crippen LogP contribution in [0.25, 0.3) is 0 Å². The quantitative estimate of drug-likeness (QED) is 0.0332. The fourth-order valence-corrected chi connectivity index (χ4v) is 5.04. The molecule has 0 aliphatic rings. The number of esters is 1. The molecule has 0 aliphatic carbocycles. The number of carboxylic acid groups (broad SMARTS) is 1. The number of aliphatic hydroxyl groups is 1. The van der Waals surface area contributed by atoms with Crippen LogP contribution in [0.2, 0.25) is 0 Å². The third-order valence-electron chi connectivity index (χ3n) is 7.89. The molecule has 9 heteroatoms. The van der Waals surface area contributed by atoms with E-state index in [1.54, 1.807) is 0 Å². The monoisotopic (exact) mass is 650 g/mol. The van der Waals surface area contributed by atoms with E-state index < -0.39 is 24.5 Å². The smallest absolute Gasteiger partial charge is 0.328 e. The van der Waals surface area contributed by atoms with Gasteiger partial charge in [0.25, 0.3) is 0 Å². The number of carboxylic acids is 1.